The third-order valence-electron chi connectivity index (χ3n) is 4.88. The largest absolute Gasteiger partial charge is 0.473 e. The summed E-state index contributed by atoms with van der Waals surface area (Å²) in [4.78, 5) is 0. The fourth-order valence-electron chi connectivity index (χ4n) is 3.54. The van der Waals surface area contributed by atoms with E-state index in [9.17, 15) is 4.39 Å². The first-order valence-corrected chi connectivity index (χ1v) is 9.25. The van der Waals surface area contributed by atoms with Crippen LogP contribution in [0.3, 0.4) is 0 Å². The standard InChI is InChI=1S/C20H28FN3O.ClH/c1-15-8-9-19(21)17(10-15)14-25-20-11-18(12-22-2)23-24(20)13-16-6-4-3-5-7-16;/h8-11,16,22H,3-7,12-14H2,1-2H3;1H. The van der Waals surface area contributed by atoms with E-state index in [1.54, 1.807) is 6.07 Å². The molecule has 0 bridgehead atoms. The van der Waals surface area contributed by atoms with Gasteiger partial charge in [-0.15, -0.1) is 12.4 Å². The van der Waals surface area contributed by atoms with E-state index >= 15 is 0 Å². The van der Waals surface area contributed by atoms with Gasteiger partial charge in [0.15, 0.2) is 0 Å². The molecule has 26 heavy (non-hydrogen) atoms. The summed E-state index contributed by atoms with van der Waals surface area (Å²) in [7, 11) is 1.91. The number of aromatic nitrogens is 2. The van der Waals surface area contributed by atoms with E-state index in [-0.39, 0.29) is 24.8 Å². The third kappa shape index (κ3) is 5.45. The molecule has 0 amide bonds. The lowest BCUT2D eigenvalue weighted by atomic mass is 9.89. The van der Waals surface area contributed by atoms with Gasteiger partial charge in [0.25, 0.3) is 0 Å². The van der Waals surface area contributed by atoms with Crippen molar-refractivity contribution in [3.8, 4) is 5.88 Å². The number of halogens is 2. The smallest absolute Gasteiger partial charge is 0.212 e. The van der Waals surface area contributed by atoms with Crippen LogP contribution < -0.4 is 10.1 Å². The summed E-state index contributed by atoms with van der Waals surface area (Å²) in [5, 5.41) is 7.81. The maximum atomic E-state index is 14.0. The van der Waals surface area contributed by atoms with Gasteiger partial charge in [-0.1, -0.05) is 30.9 Å². The molecule has 0 atom stereocenters. The van der Waals surface area contributed by atoms with Gasteiger partial charge in [-0.25, -0.2) is 9.07 Å². The van der Waals surface area contributed by atoms with E-state index in [1.165, 1.54) is 38.2 Å². The number of ether oxygens (including phenoxy) is 1. The highest BCUT2D eigenvalue weighted by atomic mass is 35.5. The molecule has 4 nitrogen and oxygen atoms in total. The van der Waals surface area contributed by atoms with E-state index in [1.807, 2.05) is 30.8 Å². The van der Waals surface area contributed by atoms with Crippen LogP contribution in [0.5, 0.6) is 5.88 Å². The van der Waals surface area contributed by atoms with Crippen molar-refractivity contribution in [3.05, 3.63) is 46.9 Å². The third-order valence-corrected chi connectivity index (χ3v) is 4.88. The number of aryl methyl sites for hydroxylation is 1. The average Bonchev–Trinajstić information content (AvgIpc) is 2.98. The van der Waals surface area contributed by atoms with Crippen LogP contribution in [-0.4, -0.2) is 16.8 Å². The Morgan fingerprint density at radius 2 is 2.00 bits per heavy atom. The van der Waals surface area contributed by atoms with Gasteiger partial charge in [0.05, 0.1) is 5.69 Å². The maximum absolute atomic E-state index is 14.0. The lowest BCUT2D eigenvalue weighted by Gasteiger charge is -2.22. The molecule has 0 saturated heterocycles. The van der Waals surface area contributed by atoms with E-state index in [2.05, 4.69) is 10.4 Å². The molecule has 1 N–H and O–H groups in total. The van der Waals surface area contributed by atoms with Gasteiger partial charge in [0.2, 0.25) is 5.88 Å². The molecule has 1 aromatic heterocycles. The Kier molecular flexibility index (Phi) is 7.91. The van der Waals surface area contributed by atoms with E-state index in [4.69, 9.17) is 4.74 Å². The second-order valence-electron chi connectivity index (χ2n) is 7.07. The first-order valence-electron chi connectivity index (χ1n) is 9.25. The lowest BCUT2D eigenvalue weighted by Crippen LogP contribution is -2.16. The molecule has 3 rings (SSSR count). The highest BCUT2D eigenvalue weighted by Crippen LogP contribution is 2.27. The Labute approximate surface area is 161 Å². The Balaban J connectivity index is 0.00000243. The summed E-state index contributed by atoms with van der Waals surface area (Å²) >= 11 is 0. The predicted octanol–water partition coefficient (Wildman–Crippen LogP) is 4.63. The van der Waals surface area contributed by atoms with Gasteiger partial charge in [0.1, 0.15) is 12.4 Å². The second kappa shape index (κ2) is 9.93. The minimum Gasteiger partial charge on any atom is -0.473 e. The van der Waals surface area contributed by atoms with Crippen molar-refractivity contribution in [2.24, 2.45) is 5.92 Å². The fourth-order valence-corrected chi connectivity index (χ4v) is 3.54. The van der Waals surface area contributed by atoms with Crippen molar-refractivity contribution >= 4 is 12.4 Å². The van der Waals surface area contributed by atoms with Crippen molar-refractivity contribution in [3.63, 3.8) is 0 Å². The highest BCUT2D eigenvalue weighted by Gasteiger charge is 2.18. The SMILES string of the molecule is CNCc1cc(OCc2cc(C)ccc2F)n(CC2CCCCC2)n1.Cl. The van der Waals surface area contributed by atoms with Gasteiger partial charge in [-0.2, -0.15) is 5.10 Å². The normalized spacial score (nSPS) is 14.9. The summed E-state index contributed by atoms with van der Waals surface area (Å²) in [6.07, 6.45) is 6.47. The summed E-state index contributed by atoms with van der Waals surface area (Å²) in [6, 6.07) is 7.08. The molecule has 1 aliphatic rings. The monoisotopic (exact) mass is 381 g/mol. The van der Waals surface area contributed by atoms with Crippen LogP contribution in [0.2, 0.25) is 0 Å². The zero-order chi connectivity index (χ0) is 17.6. The van der Waals surface area contributed by atoms with Crippen molar-refractivity contribution in [2.75, 3.05) is 7.05 Å². The molecule has 1 heterocycles. The van der Waals surface area contributed by atoms with E-state index < -0.39 is 0 Å². The van der Waals surface area contributed by atoms with Crippen LogP contribution in [0, 0.1) is 18.7 Å². The number of hydrogen-bond acceptors (Lipinski definition) is 3. The molecule has 2 aromatic rings. The molecule has 0 radical (unpaired) electrons. The number of rotatable bonds is 7. The van der Waals surface area contributed by atoms with Crippen molar-refractivity contribution < 1.29 is 9.13 Å². The number of nitrogens with zero attached hydrogens (tertiary/aromatic N) is 2. The van der Waals surface area contributed by atoms with Gasteiger partial charge in [0, 0.05) is 24.7 Å². The predicted molar refractivity (Wildman–Crippen MR) is 104 cm³/mol. The van der Waals surface area contributed by atoms with Crippen molar-refractivity contribution in [2.45, 2.75) is 58.7 Å². The van der Waals surface area contributed by atoms with Gasteiger partial charge >= 0.3 is 0 Å². The van der Waals surface area contributed by atoms with Crippen LogP contribution in [0.25, 0.3) is 0 Å². The summed E-state index contributed by atoms with van der Waals surface area (Å²) < 4.78 is 21.9. The van der Waals surface area contributed by atoms with Crippen LogP contribution in [0.1, 0.15) is 48.9 Å². The first kappa shape index (κ1) is 20.7. The fraction of sp³-hybridized carbons (Fsp3) is 0.550. The zero-order valence-corrected chi connectivity index (χ0v) is 16.4. The molecule has 6 heteroatoms. The molecule has 0 spiro atoms. The summed E-state index contributed by atoms with van der Waals surface area (Å²) in [5.74, 6) is 1.17. The highest BCUT2D eigenvalue weighted by molar-refractivity contribution is 5.85. The average molecular weight is 382 g/mol. The molecule has 1 fully saturated rings. The Hall–Kier alpha value is -1.59. The topological polar surface area (TPSA) is 39.1 Å². The minimum absolute atomic E-state index is 0. The molecular weight excluding hydrogens is 353 g/mol. The Bertz CT molecular complexity index is 698. The quantitative estimate of drug-likeness (QED) is 0.759. The van der Waals surface area contributed by atoms with Crippen molar-refractivity contribution in [1.82, 2.24) is 15.1 Å². The molecular formula is C20H29ClFN3O. The van der Waals surface area contributed by atoms with Crippen LogP contribution in [0.15, 0.2) is 24.3 Å². The molecule has 1 aliphatic carbocycles. The summed E-state index contributed by atoms with van der Waals surface area (Å²) in [6.45, 7) is 3.77. The van der Waals surface area contributed by atoms with E-state index in [0.29, 0.717) is 18.0 Å². The van der Waals surface area contributed by atoms with Crippen LogP contribution in [-0.2, 0) is 19.7 Å². The molecule has 0 unspecified atom stereocenters. The minimum atomic E-state index is -0.223. The van der Waals surface area contributed by atoms with Gasteiger partial charge in [-0.05, 0) is 44.9 Å². The van der Waals surface area contributed by atoms with Crippen LogP contribution in [0.4, 0.5) is 4.39 Å². The Morgan fingerprint density at radius 3 is 2.73 bits per heavy atom. The molecule has 144 valence electrons. The number of hydrogen-bond donors (Lipinski definition) is 1. The van der Waals surface area contributed by atoms with Gasteiger partial charge < -0.3 is 10.1 Å². The zero-order valence-electron chi connectivity index (χ0n) is 15.6. The second-order valence-corrected chi connectivity index (χ2v) is 7.07. The van der Waals surface area contributed by atoms with Gasteiger partial charge in [-0.3, -0.25) is 0 Å². The number of benzene rings is 1. The van der Waals surface area contributed by atoms with Crippen LogP contribution >= 0.6 is 12.4 Å². The van der Waals surface area contributed by atoms with Crippen molar-refractivity contribution in [1.29, 1.82) is 0 Å². The number of nitrogens with one attached hydrogen (secondary N) is 1. The maximum Gasteiger partial charge on any atom is 0.212 e. The summed E-state index contributed by atoms with van der Waals surface area (Å²) in [5.41, 5.74) is 2.57. The molecule has 1 aromatic carbocycles. The lowest BCUT2D eigenvalue weighted by molar-refractivity contribution is 0.242. The molecule has 0 aliphatic heterocycles. The first-order chi connectivity index (χ1) is 12.2. The Morgan fingerprint density at radius 1 is 1.23 bits per heavy atom. The van der Waals surface area contributed by atoms with E-state index in [0.717, 1.165) is 23.7 Å². The molecule has 1 saturated carbocycles.